The maximum Gasteiger partial charge on any atom is 0.340 e. The lowest BCUT2D eigenvalue weighted by Gasteiger charge is -2.21. The molecule has 0 atom stereocenters. The van der Waals surface area contributed by atoms with Crippen LogP contribution < -0.4 is 0 Å². The van der Waals surface area contributed by atoms with Gasteiger partial charge in [-0.2, -0.15) is 0 Å². The van der Waals surface area contributed by atoms with Gasteiger partial charge in [0.05, 0.1) is 29.5 Å². The molecule has 0 bridgehead atoms. The summed E-state index contributed by atoms with van der Waals surface area (Å²) in [5.41, 5.74) is 3.58. The van der Waals surface area contributed by atoms with Crippen molar-refractivity contribution in [1.29, 1.82) is 0 Å². The Balaban J connectivity index is 2.04. The Labute approximate surface area is 162 Å². The first kappa shape index (κ1) is 18.4. The van der Waals surface area contributed by atoms with Crippen LogP contribution in [-0.2, 0) is 11.3 Å². The van der Waals surface area contributed by atoms with Crippen LogP contribution in [0.15, 0.2) is 18.2 Å². The van der Waals surface area contributed by atoms with E-state index in [1.54, 1.807) is 13.0 Å². The molecule has 0 radical (unpaired) electrons. The second-order valence-corrected chi connectivity index (χ2v) is 7.57. The molecule has 142 valence electrons. The second kappa shape index (κ2) is 7.21. The minimum absolute atomic E-state index is 0.199. The van der Waals surface area contributed by atoms with Crippen molar-refractivity contribution < 1.29 is 19.0 Å². The zero-order valence-electron chi connectivity index (χ0n) is 15.1. The first-order valence-corrected chi connectivity index (χ1v) is 9.73. The van der Waals surface area contributed by atoms with Gasteiger partial charge in [-0.3, -0.25) is 4.98 Å². The van der Waals surface area contributed by atoms with E-state index in [0.29, 0.717) is 28.2 Å². The van der Waals surface area contributed by atoms with Crippen molar-refractivity contribution in [3.63, 3.8) is 0 Å². The molecule has 6 heteroatoms. The molecule has 2 aliphatic rings. The topological polar surface area (TPSA) is 59.4 Å². The SMILES string of the molecule is CCOC(=O)c1c(C2CC2)nc(C2CC2)c(CO)c1-c1ccc(F)cc1Cl. The summed E-state index contributed by atoms with van der Waals surface area (Å²) in [7, 11) is 0. The zero-order valence-corrected chi connectivity index (χ0v) is 15.9. The number of carbonyl (C=O) groups is 1. The van der Waals surface area contributed by atoms with E-state index in [0.717, 1.165) is 37.1 Å². The molecular weight excluding hydrogens is 369 g/mol. The maximum absolute atomic E-state index is 13.6. The van der Waals surface area contributed by atoms with Crippen LogP contribution in [0.1, 0.15) is 71.8 Å². The average molecular weight is 390 g/mol. The molecule has 0 unspecified atom stereocenters. The van der Waals surface area contributed by atoms with Gasteiger partial charge in [0.15, 0.2) is 0 Å². The minimum Gasteiger partial charge on any atom is -0.462 e. The van der Waals surface area contributed by atoms with E-state index in [-0.39, 0.29) is 24.2 Å². The Hall–Kier alpha value is -1.98. The molecule has 2 saturated carbocycles. The number of aromatic nitrogens is 1. The van der Waals surface area contributed by atoms with Gasteiger partial charge in [0.1, 0.15) is 5.82 Å². The molecule has 0 spiro atoms. The Bertz CT molecular complexity index is 907. The van der Waals surface area contributed by atoms with Gasteiger partial charge in [0, 0.05) is 34.2 Å². The molecule has 2 aromatic rings. The number of halogens is 2. The summed E-state index contributed by atoms with van der Waals surface area (Å²) in [6.45, 7) is 1.72. The van der Waals surface area contributed by atoms with Crippen molar-refractivity contribution in [2.45, 2.75) is 51.0 Å². The number of aliphatic hydroxyl groups is 1. The molecule has 0 saturated heterocycles. The molecule has 0 amide bonds. The molecule has 1 aromatic heterocycles. The van der Waals surface area contributed by atoms with Crippen LogP contribution in [0.2, 0.25) is 5.02 Å². The summed E-state index contributed by atoms with van der Waals surface area (Å²) in [6, 6.07) is 4.09. The normalized spacial score (nSPS) is 16.4. The molecule has 27 heavy (non-hydrogen) atoms. The summed E-state index contributed by atoms with van der Waals surface area (Å²) >= 11 is 6.35. The number of benzene rings is 1. The van der Waals surface area contributed by atoms with Gasteiger partial charge < -0.3 is 9.84 Å². The van der Waals surface area contributed by atoms with Gasteiger partial charge >= 0.3 is 5.97 Å². The highest BCUT2D eigenvalue weighted by Crippen LogP contribution is 2.49. The van der Waals surface area contributed by atoms with Crippen LogP contribution in [0.25, 0.3) is 11.1 Å². The van der Waals surface area contributed by atoms with Crippen LogP contribution in [-0.4, -0.2) is 22.7 Å². The Morgan fingerprint density at radius 3 is 2.48 bits per heavy atom. The van der Waals surface area contributed by atoms with Gasteiger partial charge in [-0.1, -0.05) is 11.6 Å². The molecule has 4 nitrogen and oxygen atoms in total. The smallest absolute Gasteiger partial charge is 0.340 e. The van der Waals surface area contributed by atoms with Gasteiger partial charge in [0.25, 0.3) is 0 Å². The highest BCUT2D eigenvalue weighted by molar-refractivity contribution is 6.33. The van der Waals surface area contributed by atoms with Crippen LogP contribution in [0.4, 0.5) is 4.39 Å². The quantitative estimate of drug-likeness (QED) is 0.709. The fourth-order valence-corrected chi connectivity index (χ4v) is 3.83. The highest BCUT2D eigenvalue weighted by Gasteiger charge is 2.38. The monoisotopic (exact) mass is 389 g/mol. The van der Waals surface area contributed by atoms with Crippen LogP contribution in [0, 0.1) is 5.82 Å². The van der Waals surface area contributed by atoms with Gasteiger partial charge in [0.2, 0.25) is 0 Å². The Kier molecular flexibility index (Phi) is 4.91. The molecule has 2 fully saturated rings. The molecule has 4 rings (SSSR count). The molecular formula is C21H21ClFNO3. The fraction of sp³-hybridized carbons (Fsp3) is 0.429. The first-order chi connectivity index (χ1) is 13.0. The van der Waals surface area contributed by atoms with E-state index >= 15 is 0 Å². The molecule has 1 heterocycles. The highest BCUT2D eigenvalue weighted by atomic mass is 35.5. The molecule has 2 aliphatic carbocycles. The van der Waals surface area contributed by atoms with E-state index in [1.807, 2.05) is 0 Å². The Morgan fingerprint density at radius 1 is 1.26 bits per heavy atom. The number of nitrogens with zero attached hydrogens (tertiary/aromatic N) is 1. The van der Waals surface area contributed by atoms with Crippen LogP contribution >= 0.6 is 11.6 Å². The van der Waals surface area contributed by atoms with Crippen molar-refractivity contribution in [3.8, 4) is 11.1 Å². The second-order valence-electron chi connectivity index (χ2n) is 7.16. The number of carbonyl (C=O) groups excluding carboxylic acids is 1. The third-order valence-electron chi connectivity index (χ3n) is 5.12. The summed E-state index contributed by atoms with van der Waals surface area (Å²) in [6.07, 6.45) is 3.97. The summed E-state index contributed by atoms with van der Waals surface area (Å²) in [5, 5.41) is 10.4. The molecule has 0 aliphatic heterocycles. The minimum atomic E-state index is -0.473. The van der Waals surface area contributed by atoms with Crippen molar-refractivity contribution in [2.24, 2.45) is 0 Å². The maximum atomic E-state index is 13.6. The van der Waals surface area contributed by atoms with E-state index in [4.69, 9.17) is 21.3 Å². The molecule has 1 aromatic carbocycles. The number of aliphatic hydroxyl groups excluding tert-OH is 1. The van der Waals surface area contributed by atoms with Gasteiger partial charge in [-0.25, -0.2) is 9.18 Å². The van der Waals surface area contributed by atoms with Gasteiger partial charge in [-0.05, 0) is 50.8 Å². The van der Waals surface area contributed by atoms with Crippen molar-refractivity contribution in [1.82, 2.24) is 4.98 Å². The van der Waals surface area contributed by atoms with Crippen molar-refractivity contribution >= 4 is 17.6 Å². The predicted molar refractivity (Wildman–Crippen MR) is 100 cm³/mol. The number of hydrogen-bond acceptors (Lipinski definition) is 4. The Morgan fingerprint density at radius 2 is 1.93 bits per heavy atom. The lowest BCUT2D eigenvalue weighted by Crippen LogP contribution is -2.16. The van der Waals surface area contributed by atoms with Gasteiger partial charge in [-0.15, -0.1) is 0 Å². The largest absolute Gasteiger partial charge is 0.462 e. The summed E-state index contributed by atoms with van der Waals surface area (Å²) in [4.78, 5) is 17.7. The average Bonchev–Trinajstić information content (AvgIpc) is 3.54. The number of ether oxygens (including phenoxy) is 1. The van der Waals surface area contributed by atoms with E-state index in [2.05, 4.69) is 0 Å². The standard InChI is InChI=1S/C21H21ClFNO3/c1-2-27-21(26)18-17(14-8-7-13(23)9-16(14)22)15(10-25)19(11-3-4-11)24-20(18)12-5-6-12/h7-9,11-12,25H,2-6,10H2,1H3. The number of pyridine rings is 1. The number of rotatable bonds is 6. The first-order valence-electron chi connectivity index (χ1n) is 9.35. The lowest BCUT2D eigenvalue weighted by molar-refractivity contribution is 0.0525. The number of hydrogen-bond donors (Lipinski definition) is 1. The van der Waals surface area contributed by atoms with E-state index in [1.165, 1.54) is 12.1 Å². The van der Waals surface area contributed by atoms with Crippen LogP contribution in [0.5, 0.6) is 0 Å². The zero-order chi connectivity index (χ0) is 19.1. The van der Waals surface area contributed by atoms with Crippen molar-refractivity contribution in [3.05, 3.63) is 51.6 Å². The third kappa shape index (κ3) is 3.46. The van der Waals surface area contributed by atoms with Crippen molar-refractivity contribution in [2.75, 3.05) is 6.61 Å². The summed E-state index contributed by atoms with van der Waals surface area (Å²) in [5.74, 6) is -0.420. The van der Waals surface area contributed by atoms with E-state index < -0.39 is 11.8 Å². The fourth-order valence-electron chi connectivity index (χ4n) is 3.57. The third-order valence-corrected chi connectivity index (χ3v) is 5.44. The summed E-state index contributed by atoms with van der Waals surface area (Å²) < 4.78 is 18.9. The predicted octanol–water partition coefficient (Wildman–Crippen LogP) is 4.96. The van der Waals surface area contributed by atoms with E-state index in [9.17, 15) is 14.3 Å². The van der Waals surface area contributed by atoms with Crippen LogP contribution in [0.3, 0.4) is 0 Å². The molecule has 1 N–H and O–H groups in total. The number of esters is 1. The lowest BCUT2D eigenvalue weighted by atomic mass is 9.90.